The maximum atomic E-state index is 8.76. The summed E-state index contributed by atoms with van der Waals surface area (Å²) < 4.78 is 0. The topological polar surface area (TPSA) is 49.6 Å². The van der Waals surface area contributed by atoms with E-state index in [9.17, 15) is 0 Å². The highest BCUT2D eigenvalue weighted by atomic mass is 35.5. The van der Waals surface area contributed by atoms with Gasteiger partial charge in [0.15, 0.2) is 5.16 Å². The standard InChI is InChI=1S/C13H10ClN3S/c1-9-4-5-16-13(17-9)18-8-11-3-2-10(7-15)6-12(11)14/h2-6H,8H2,1H3. The normalized spacial score (nSPS) is 10.1. The molecular weight excluding hydrogens is 266 g/mol. The Morgan fingerprint density at radius 1 is 1.39 bits per heavy atom. The van der Waals surface area contributed by atoms with Gasteiger partial charge in [0.05, 0.1) is 11.6 Å². The predicted octanol–water partition coefficient (Wildman–Crippen LogP) is 3.60. The molecule has 18 heavy (non-hydrogen) atoms. The van der Waals surface area contributed by atoms with Gasteiger partial charge in [0.2, 0.25) is 0 Å². The van der Waals surface area contributed by atoms with E-state index >= 15 is 0 Å². The smallest absolute Gasteiger partial charge is 0.188 e. The average Bonchev–Trinajstić information content (AvgIpc) is 2.37. The van der Waals surface area contributed by atoms with Crippen molar-refractivity contribution in [3.63, 3.8) is 0 Å². The Morgan fingerprint density at radius 2 is 2.22 bits per heavy atom. The summed E-state index contributed by atoms with van der Waals surface area (Å²) in [6, 6.07) is 9.22. The number of aromatic nitrogens is 2. The van der Waals surface area contributed by atoms with Gasteiger partial charge in [0.1, 0.15) is 0 Å². The maximum Gasteiger partial charge on any atom is 0.188 e. The Labute approximate surface area is 115 Å². The average molecular weight is 276 g/mol. The minimum absolute atomic E-state index is 0.570. The van der Waals surface area contributed by atoms with Crippen molar-refractivity contribution in [3.05, 3.63) is 52.3 Å². The lowest BCUT2D eigenvalue weighted by molar-refractivity contribution is 0.932. The van der Waals surface area contributed by atoms with Crippen molar-refractivity contribution in [2.75, 3.05) is 0 Å². The van der Waals surface area contributed by atoms with E-state index in [0.29, 0.717) is 16.3 Å². The van der Waals surface area contributed by atoms with Crippen LogP contribution in [-0.4, -0.2) is 9.97 Å². The van der Waals surface area contributed by atoms with E-state index in [-0.39, 0.29) is 0 Å². The Kier molecular flexibility index (Phi) is 4.19. The number of halogens is 1. The summed E-state index contributed by atoms with van der Waals surface area (Å²) in [5.74, 6) is 0.688. The van der Waals surface area contributed by atoms with E-state index in [1.165, 1.54) is 11.8 Å². The first-order valence-corrected chi connectivity index (χ1v) is 6.66. The molecule has 0 atom stereocenters. The minimum atomic E-state index is 0.570. The third kappa shape index (κ3) is 3.22. The molecular formula is C13H10ClN3S. The summed E-state index contributed by atoms with van der Waals surface area (Å²) in [7, 11) is 0. The van der Waals surface area contributed by atoms with Crippen LogP contribution in [0.25, 0.3) is 0 Å². The third-order valence-electron chi connectivity index (χ3n) is 2.31. The van der Waals surface area contributed by atoms with Crippen LogP contribution >= 0.6 is 23.4 Å². The summed E-state index contributed by atoms with van der Waals surface area (Å²) in [6.45, 7) is 1.93. The van der Waals surface area contributed by atoms with E-state index in [4.69, 9.17) is 16.9 Å². The Balaban J connectivity index is 2.09. The van der Waals surface area contributed by atoms with Crippen LogP contribution in [-0.2, 0) is 5.75 Å². The summed E-state index contributed by atoms with van der Waals surface area (Å²) in [5.41, 5.74) is 2.49. The fraction of sp³-hybridized carbons (Fsp3) is 0.154. The van der Waals surface area contributed by atoms with Crippen molar-refractivity contribution >= 4 is 23.4 Å². The zero-order chi connectivity index (χ0) is 13.0. The van der Waals surface area contributed by atoms with E-state index in [1.807, 2.05) is 19.1 Å². The maximum absolute atomic E-state index is 8.76. The second kappa shape index (κ2) is 5.85. The molecule has 2 rings (SSSR count). The lowest BCUT2D eigenvalue weighted by atomic mass is 10.2. The van der Waals surface area contributed by atoms with Gasteiger partial charge in [-0.25, -0.2) is 9.97 Å². The number of rotatable bonds is 3. The number of aryl methyl sites for hydroxylation is 1. The molecule has 1 aromatic heterocycles. The molecule has 1 aromatic carbocycles. The fourth-order valence-electron chi connectivity index (χ4n) is 1.37. The van der Waals surface area contributed by atoms with Gasteiger partial charge in [0, 0.05) is 22.7 Å². The molecule has 0 aliphatic heterocycles. The van der Waals surface area contributed by atoms with Gasteiger partial charge in [-0.15, -0.1) is 0 Å². The van der Waals surface area contributed by atoms with Crippen molar-refractivity contribution in [1.29, 1.82) is 5.26 Å². The van der Waals surface area contributed by atoms with Gasteiger partial charge >= 0.3 is 0 Å². The zero-order valence-electron chi connectivity index (χ0n) is 9.72. The third-order valence-corrected chi connectivity index (χ3v) is 3.57. The number of hydrogen-bond acceptors (Lipinski definition) is 4. The Morgan fingerprint density at radius 3 is 2.89 bits per heavy atom. The van der Waals surface area contributed by atoms with Crippen LogP contribution < -0.4 is 0 Å². The van der Waals surface area contributed by atoms with Gasteiger partial charge in [-0.2, -0.15) is 5.26 Å². The highest BCUT2D eigenvalue weighted by molar-refractivity contribution is 7.98. The molecule has 5 heteroatoms. The molecule has 0 aliphatic rings. The largest absolute Gasteiger partial charge is 0.231 e. The number of thioether (sulfide) groups is 1. The molecule has 0 aliphatic carbocycles. The Hall–Kier alpha value is -1.57. The SMILES string of the molecule is Cc1ccnc(SCc2ccc(C#N)cc2Cl)n1. The fourth-order valence-corrected chi connectivity index (χ4v) is 2.58. The molecule has 0 N–H and O–H groups in total. The lowest BCUT2D eigenvalue weighted by Crippen LogP contribution is -1.90. The summed E-state index contributed by atoms with van der Waals surface area (Å²) >= 11 is 7.63. The molecule has 3 nitrogen and oxygen atoms in total. The van der Waals surface area contributed by atoms with Crippen LogP contribution in [0.15, 0.2) is 35.6 Å². The number of nitriles is 1. The molecule has 0 bridgehead atoms. The van der Waals surface area contributed by atoms with Gasteiger partial charge in [-0.05, 0) is 30.7 Å². The monoisotopic (exact) mass is 275 g/mol. The lowest BCUT2D eigenvalue weighted by Gasteiger charge is -2.04. The van der Waals surface area contributed by atoms with E-state index in [0.717, 1.165) is 16.4 Å². The quantitative estimate of drug-likeness (QED) is 0.634. The second-order valence-electron chi connectivity index (χ2n) is 3.69. The first-order valence-electron chi connectivity index (χ1n) is 5.30. The van der Waals surface area contributed by atoms with Gasteiger partial charge in [-0.1, -0.05) is 29.4 Å². The first-order chi connectivity index (χ1) is 8.69. The number of benzene rings is 1. The molecule has 0 fully saturated rings. The van der Waals surface area contributed by atoms with Crippen LogP contribution in [0.2, 0.25) is 5.02 Å². The van der Waals surface area contributed by atoms with E-state index in [1.54, 1.807) is 18.3 Å². The van der Waals surface area contributed by atoms with E-state index in [2.05, 4.69) is 16.0 Å². The highest BCUT2D eigenvalue weighted by Crippen LogP contribution is 2.25. The van der Waals surface area contributed by atoms with Crippen LogP contribution in [0.5, 0.6) is 0 Å². The molecule has 2 aromatic rings. The molecule has 0 saturated carbocycles. The molecule has 0 spiro atoms. The summed E-state index contributed by atoms with van der Waals surface area (Å²) in [5, 5.41) is 10.1. The van der Waals surface area contributed by atoms with Crippen LogP contribution in [0.4, 0.5) is 0 Å². The molecule has 0 unspecified atom stereocenters. The molecule has 0 radical (unpaired) electrons. The van der Waals surface area contributed by atoms with Crippen molar-refractivity contribution < 1.29 is 0 Å². The van der Waals surface area contributed by atoms with Crippen molar-refractivity contribution in [1.82, 2.24) is 9.97 Å². The zero-order valence-corrected chi connectivity index (χ0v) is 11.3. The Bertz CT molecular complexity index is 607. The van der Waals surface area contributed by atoms with Crippen LogP contribution in [0.1, 0.15) is 16.8 Å². The number of hydrogen-bond donors (Lipinski definition) is 0. The second-order valence-corrected chi connectivity index (χ2v) is 5.04. The van der Waals surface area contributed by atoms with Crippen LogP contribution in [0, 0.1) is 18.3 Å². The molecule has 0 saturated heterocycles. The summed E-state index contributed by atoms with van der Waals surface area (Å²) in [4.78, 5) is 8.48. The van der Waals surface area contributed by atoms with Crippen molar-refractivity contribution in [2.24, 2.45) is 0 Å². The molecule has 90 valence electrons. The number of nitrogens with zero attached hydrogens (tertiary/aromatic N) is 3. The highest BCUT2D eigenvalue weighted by Gasteiger charge is 2.04. The minimum Gasteiger partial charge on any atom is -0.231 e. The summed E-state index contributed by atoms with van der Waals surface area (Å²) in [6.07, 6.45) is 1.74. The predicted molar refractivity (Wildman–Crippen MR) is 72.5 cm³/mol. The first kappa shape index (κ1) is 12.9. The molecule has 1 heterocycles. The van der Waals surface area contributed by atoms with Gasteiger partial charge in [-0.3, -0.25) is 0 Å². The molecule has 0 amide bonds. The van der Waals surface area contributed by atoms with Gasteiger partial charge < -0.3 is 0 Å². The van der Waals surface area contributed by atoms with Crippen molar-refractivity contribution in [3.8, 4) is 6.07 Å². The van der Waals surface area contributed by atoms with Gasteiger partial charge in [0.25, 0.3) is 0 Å². The van der Waals surface area contributed by atoms with E-state index < -0.39 is 0 Å². The van der Waals surface area contributed by atoms with Crippen LogP contribution in [0.3, 0.4) is 0 Å². The van der Waals surface area contributed by atoms with Crippen molar-refractivity contribution in [2.45, 2.75) is 17.8 Å².